The van der Waals surface area contributed by atoms with Gasteiger partial charge in [-0.2, -0.15) is 4.31 Å². The molecule has 1 aliphatic rings. The van der Waals surface area contributed by atoms with E-state index < -0.39 is 10.0 Å². The third-order valence-electron chi connectivity index (χ3n) is 3.38. The quantitative estimate of drug-likeness (QED) is 0.854. The van der Waals surface area contributed by atoms with E-state index in [1.807, 2.05) is 0 Å². The fraction of sp³-hybridized carbons (Fsp3) is 0.545. The third kappa shape index (κ3) is 2.18. The molecule has 3 heterocycles. The maximum absolute atomic E-state index is 12.7. The number of thiazole rings is 1. The summed E-state index contributed by atoms with van der Waals surface area (Å²) in [4.78, 5) is 4.70. The molecule has 2 aromatic rings. The molecule has 0 bridgehead atoms. The van der Waals surface area contributed by atoms with Crippen molar-refractivity contribution in [3.8, 4) is 0 Å². The molecule has 2 aromatic heterocycles. The molecule has 1 atom stereocenters. The highest BCUT2D eigenvalue weighted by atomic mass is 35.5. The molecule has 8 heteroatoms. The molecule has 3 rings (SSSR count). The molecule has 0 amide bonds. The largest absolute Gasteiger partial charge is 0.279 e. The second-order valence-electron chi connectivity index (χ2n) is 4.87. The van der Waals surface area contributed by atoms with Gasteiger partial charge < -0.3 is 0 Å². The zero-order valence-corrected chi connectivity index (χ0v) is 12.8. The fourth-order valence-electron chi connectivity index (χ4n) is 2.46. The SMILES string of the molecule is C[C@H]1CCCN(S(=O)(=O)c2c(Cl)nc3sccn23)C1. The van der Waals surface area contributed by atoms with Crippen LogP contribution in [0, 0.1) is 5.92 Å². The standard InChI is InChI=1S/C11H14ClN3O2S2/c1-8-3-2-4-14(7-8)19(16,17)10-9(12)13-11-15(10)5-6-18-11/h5-6,8H,2-4,7H2,1H3/t8-/m0/s1. The Balaban J connectivity index is 2.08. The summed E-state index contributed by atoms with van der Waals surface area (Å²) in [5, 5.41) is 1.96. The van der Waals surface area contributed by atoms with Crippen molar-refractivity contribution >= 4 is 37.9 Å². The Bertz CT molecular complexity index is 707. The van der Waals surface area contributed by atoms with Crippen molar-refractivity contribution in [1.82, 2.24) is 13.7 Å². The van der Waals surface area contributed by atoms with Crippen LogP contribution < -0.4 is 0 Å². The second kappa shape index (κ2) is 4.73. The van der Waals surface area contributed by atoms with Crippen molar-refractivity contribution in [1.29, 1.82) is 0 Å². The summed E-state index contributed by atoms with van der Waals surface area (Å²) >= 11 is 7.39. The van der Waals surface area contributed by atoms with Gasteiger partial charge in [0.25, 0.3) is 10.0 Å². The minimum absolute atomic E-state index is 0.0603. The summed E-state index contributed by atoms with van der Waals surface area (Å²) in [5.41, 5.74) is 0. The average Bonchev–Trinajstić information content (AvgIpc) is 2.88. The highest BCUT2D eigenvalue weighted by molar-refractivity contribution is 7.89. The van der Waals surface area contributed by atoms with Gasteiger partial charge in [-0.15, -0.1) is 11.3 Å². The number of imidazole rings is 1. The molecule has 0 N–H and O–H groups in total. The lowest BCUT2D eigenvalue weighted by Crippen LogP contribution is -2.39. The number of nitrogens with zero attached hydrogens (tertiary/aromatic N) is 3. The van der Waals surface area contributed by atoms with Gasteiger partial charge in [0.05, 0.1) is 0 Å². The summed E-state index contributed by atoms with van der Waals surface area (Å²) in [6.45, 7) is 3.18. The van der Waals surface area contributed by atoms with Crippen molar-refractivity contribution in [2.75, 3.05) is 13.1 Å². The summed E-state index contributed by atoms with van der Waals surface area (Å²) < 4.78 is 28.5. The maximum Gasteiger partial charge on any atom is 0.262 e. The van der Waals surface area contributed by atoms with Gasteiger partial charge in [-0.1, -0.05) is 18.5 Å². The number of sulfonamides is 1. The van der Waals surface area contributed by atoms with Crippen molar-refractivity contribution < 1.29 is 8.42 Å². The molecule has 19 heavy (non-hydrogen) atoms. The van der Waals surface area contributed by atoms with Gasteiger partial charge in [0.15, 0.2) is 15.1 Å². The summed E-state index contributed by atoms with van der Waals surface area (Å²) in [6, 6.07) is 0. The van der Waals surface area contributed by atoms with Gasteiger partial charge in [0, 0.05) is 24.7 Å². The zero-order valence-electron chi connectivity index (χ0n) is 10.4. The molecule has 1 saturated heterocycles. The summed E-state index contributed by atoms with van der Waals surface area (Å²) in [6.07, 6.45) is 3.66. The number of piperidine rings is 1. The third-order valence-corrected chi connectivity index (χ3v) is 6.40. The Kier molecular flexibility index (Phi) is 3.33. The monoisotopic (exact) mass is 319 g/mol. The van der Waals surface area contributed by atoms with Gasteiger partial charge in [-0.3, -0.25) is 4.40 Å². The molecule has 1 fully saturated rings. The van der Waals surface area contributed by atoms with Crippen LogP contribution in [0.1, 0.15) is 19.8 Å². The lowest BCUT2D eigenvalue weighted by Gasteiger charge is -2.29. The fourth-order valence-corrected chi connectivity index (χ4v) is 5.46. The molecule has 0 radical (unpaired) electrons. The number of aromatic nitrogens is 2. The number of halogens is 1. The Hall–Kier alpha value is -0.630. The molecule has 0 aromatic carbocycles. The first-order valence-corrected chi connectivity index (χ1v) is 8.81. The molecule has 0 saturated carbocycles. The van der Waals surface area contributed by atoms with Crippen LogP contribution in [0.3, 0.4) is 0 Å². The summed E-state index contributed by atoms with van der Waals surface area (Å²) in [5.74, 6) is 0.383. The van der Waals surface area contributed by atoms with E-state index in [0.29, 0.717) is 24.0 Å². The van der Waals surface area contributed by atoms with Crippen LogP contribution >= 0.6 is 22.9 Å². The van der Waals surface area contributed by atoms with E-state index in [0.717, 1.165) is 12.8 Å². The van der Waals surface area contributed by atoms with E-state index in [9.17, 15) is 8.42 Å². The van der Waals surface area contributed by atoms with E-state index in [4.69, 9.17) is 11.6 Å². The highest BCUT2D eigenvalue weighted by Gasteiger charge is 2.33. The van der Waals surface area contributed by atoms with Crippen LogP contribution in [0.15, 0.2) is 16.6 Å². The van der Waals surface area contributed by atoms with Crippen molar-refractivity contribution in [3.05, 3.63) is 16.7 Å². The van der Waals surface area contributed by atoms with Crippen LogP contribution in [-0.4, -0.2) is 35.2 Å². The molecule has 0 unspecified atom stereocenters. The topological polar surface area (TPSA) is 54.7 Å². The van der Waals surface area contributed by atoms with Crippen molar-refractivity contribution in [2.24, 2.45) is 5.92 Å². The van der Waals surface area contributed by atoms with E-state index in [1.54, 1.807) is 16.0 Å². The maximum atomic E-state index is 12.7. The molecule has 104 valence electrons. The Morgan fingerprint density at radius 2 is 2.32 bits per heavy atom. The average molecular weight is 320 g/mol. The predicted octanol–water partition coefficient (Wildman–Crippen LogP) is 2.47. The number of fused-ring (bicyclic) bond motifs is 1. The molecular formula is C11H14ClN3O2S2. The van der Waals surface area contributed by atoms with Gasteiger partial charge in [-0.25, -0.2) is 13.4 Å². The van der Waals surface area contributed by atoms with Crippen LogP contribution in [-0.2, 0) is 10.0 Å². The minimum atomic E-state index is -3.57. The number of hydrogen-bond donors (Lipinski definition) is 0. The van der Waals surface area contributed by atoms with E-state index >= 15 is 0 Å². The lowest BCUT2D eigenvalue weighted by atomic mass is 10.0. The normalized spacial score (nSPS) is 22.1. The van der Waals surface area contributed by atoms with E-state index in [1.165, 1.54) is 15.6 Å². The zero-order chi connectivity index (χ0) is 13.6. The number of rotatable bonds is 2. The highest BCUT2D eigenvalue weighted by Crippen LogP contribution is 2.30. The molecule has 1 aliphatic heterocycles. The second-order valence-corrected chi connectivity index (χ2v) is 7.96. The smallest absolute Gasteiger partial charge is 0.262 e. The first-order valence-electron chi connectivity index (χ1n) is 6.11. The van der Waals surface area contributed by atoms with Crippen LogP contribution in [0.5, 0.6) is 0 Å². The Morgan fingerprint density at radius 1 is 1.53 bits per heavy atom. The first-order chi connectivity index (χ1) is 9.00. The molecule has 0 spiro atoms. The first kappa shape index (κ1) is 13.4. The van der Waals surface area contributed by atoms with E-state index in [2.05, 4.69) is 11.9 Å². The van der Waals surface area contributed by atoms with Crippen LogP contribution in [0.25, 0.3) is 4.96 Å². The Labute approximate surface area is 120 Å². The summed E-state index contributed by atoms with van der Waals surface area (Å²) in [7, 11) is -3.57. The van der Waals surface area contributed by atoms with Gasteiger partial charge in [0.2, 0.25) is 0 Å². The molecular weight excluding hydrogens is 306 g/mol. The van der Waals surface area contributed by atoms with Crippen LogP contribution in [0.2, 0.25) is 5.15 Å². The predicted molar refractivity (Wildman–Crippen MR) is 75.2 cm³/mol. The van der Waals surface area contributed by atoms with Crippen molar-refractivity contribution in [3.63, 3.8) is 0 Å². The molecule has 0 aliphatic carbocycles. The minimum Gasteiger partial charge on any atom is -0.279 e. The van der Waals surface area contributed by atoms with Gasteiger partial charge >= 0.3 is 0 Å². The number of hydrogen-bond acceptors (Lipinski definition) is 4. The molecule has 5 nitrogen and oxygen atoms in total. The Morgan fingerprint density at radius 3 is 3.05 bits per heavy atom. The van der Waals surface area contributed by atoms with Crippen molar-refractivity contribution in [2.45, 2.75) is 24.8 Å². The van der Waals surface area contributed by atoms with Gasteiger partial charge in [-0.05, 0) is 18.8 Å². The van der Waals surface area contributed by atoms with Crippen LogP contribution in [0.4, 0.5) is 0 Å². The van der Waals surface area contributed by atoms with Gasteiger partial charge in [0.1, 0.15) is 0 Å². The van der Waals surface area contributed by atoms with E-state index in [-0.39, 0.29) is 10.2 Å². The lowest BCUT2D eigenvalue weighted by molar-refractivity contribution is 0.280.